The Kier molecular flexibility index (Phi) is 14.9. The van der Waals surface area contributed by atoms with E-state index in [1.807, 2.05) is 6.08 Å². The summed E-state index contributed by atoms with van der Waals surface area (Å²) in [5.74, 6) is 1.90. The van der Waals surface area contributed by atoms with Crippen molar-refractivity contribution < 1.29 is 0 Å². The number of hydrogen-bond donors (Lipinski definition) is 0. The van der Waals surface area contributed by atoms with Gasteiger partial charge in [0.2, 0.25) is 0 Å². The van der Waals surface area contributed by atoms with Gasteiger partial charge in [0, 0.05) is 0 Å². The molecular formula is C20H40. The van der Waals surface area contributed by atoms with Gasteiger partial charge in [0.15, 0.2) is 0 Å². The van der Waals surface area contributed by atoms with Crippen LogP contribution in [-0.4, -0.2) is 0 Å². The highest BCUT2D eigenvalue weighted by Crippen LogP contribution is 2.20. The van der Waals surface area contributed by atoms with Crippen LogP contribution in [0.15, 0.2) is 12.7 Å². The lowest BCUT2D eigenvalue weighted by Gasteiger charge is -2.14. The van der Waals surface area contributed by atoms with Crippen molar-refractivity contribution in [3.05, 3.63) is 12.7 Å². The Morgan fingerprint density at radius 1 is 0.700 bits per heavy atom. The summed E-state index contributed by atoms with van der Waals surface area (Å²) in [6.45, 7) is 11.0. The molecule has 2 atom stereocenters. The van der Waals surface area contributed by atoms with Gasteiger partial charge < -0.3 is 0 Å². The van der Waals surface area contributed by atoms with Gasteiger partial charge in [-0.3, -0.25) is 0 Å². The maximum Gasteiger partial charge on any atom is -0.0353 e. The van der Waals surface area contributed by atoms with Crippen molar-refractivity contribution in [3.8, 4) is 0 Å². The van der Waals surface area contributed by atoms with Crippen molar-refractivity contribution in [1.29, 1.82) is 0 Å². The van der Waals surface area contributed by atoms with E-state index in [-0.39, 0.29) is 0 Å². The zero-order valence-corrected chi connectivity index (χ0v) is 14.6. The molecule has 0 heteroatoms. The molecule has 0 amide bonds. The maximum atomic E-state index is 3.78. The lowest BCUT2D eigenvalue weighted by atomic mass is 9.92. The van der Waals surface area contributed by atoms with Gasteiger partial charge in [0.25, 0.3) is 0 Å². The van der Waals surface area contributed by atoms with Crippen molar-refractivity contribution in [2.24, 2.45) is 11.8 Å². The molecule has 0 spiro atoms. The highest BCUT2D eigenvalue weighted by Gasteiger charge is 2.05. The van der Waals surface area contributed by atoms with Crippen LogP contribution in [0.4, 0.5) is 0 Å². The molecule has 0 bridgehead atoms. The van der Waals surface area contributed by atoms with Crippen molar-refractivity contribution >= 4 is 0 Å². The summed E-state index contributed by atoms with van der Waals surface area (Å²) in [6.07, 6.45) is 20.3. The first kappa shape index (κ1) is 19.7. The third kappa shape index (κ3) is 14.2. The van der Waals surface area contributed by atoms with Gasteiger partial charge >= 0.3 is 0 Å². The van der Waals surface area contributed by atoms with Crippen molar-refractivity contribution in [3.63, 3.8) is 0 Å². The number of hydrogen-bond acceptors (Lipinski definition) is 0. The van der Waals surface area contributed by atoms with Crippen LogP contribution in [0.5, 0.6) is 0 Å². The summed E-state index contributed by atoms with van der Waals surface area (Å²) in [6, 6.07) is 0. The fourth-order valence-corrected chi connectivity index (χ4v) is 2.97. The molecule has 0 aromatic heterocycles. The summed E-state index contributed by atoms with van der Waals surface area (Å²) in [5, 5.41) is 0. The molecular weight excluding hydrogens is 240 g/mol. The van der Waals surface area contributed by atoms with Crippen LogP contribution in [-0.2, 0) is 0 Å². The lowest BCUT2D eigenvalue weighted by Crippen LogP contribution is -1.99. The van der Waals surface area contributed by atoms with Gasteiger partial charge in [-0.1, -0.05) is 97.5 Å². The maximum absolute atomic E-state index is 3.78. The van der Waals surface area contributed by atoms with Crippen LogP contribution in [0, 0.1) is 11.8 Å². The topological polar surface area (TPSA) is 0 Å². The van der Waals surface area contributed by atoms with Crippen molar-refractivity contribution in [1.82, 2.24) is 0 Å². The third-order valence-electron chi connectivity index (χ3n) is 4.55. The van der Waals surface area contributed by atoms with Gasteiger partial charge in [0.05, 0.1) is 0 Å². The van der Waals surface area contributed by atoms with Crippen LogP contribution in [0.1, 0.15) is 104 Å². The highest BCUT2D eigenvalue weighted by atomic mass is 14.1. The summed E-state index contributed by atoms with van der Waals surface area (Å²) < 4.78 is 0. The first-order chi connectivity index (χ1) is 9.70. The van der Waals surface area contributed by atoms with E-state index in [0.717, 1.165) is 11.8 Å². The largest absolute Gasteiger partial charge is 0.103 e. The minimum absolute atomic E-state index is 0.946. The van der Waals surface area contributed by atoms with E-state index >= 15 is 0 Å². The Morgan fingerprint density at radius 3 is 1.80 bits per heavy atom. The number of rotatable bonds is 15. The van der Waals surface area contributed by atoms with Gasteiger partial charge in [-0.05, 0) is 24.7 Å². The van der Waals surface area contributed by atoms with Crippen LogP contribution < -0.4 is 0 Å². The molecule has 0 aromatic rings. The minimum atomic E-state index is 0.946. The first-order valence-electron chi connectivity index (χ1n) is 9.31. The average Bonchev–Trinajstić information content (AvgIpc) is 2.44. The summed E-state index contributed by atoms with van der Waals surface area (Å²) in [5.41, 5.74) is 0. The molecule has 0 unspecified atom stereocenters. The minimum Gasteiger partial charge on any atom is -0.103 e. The summed E-state index contributed by atoms with van der Waals surface area (Å²) in [7, 11) is 0. The van der Waals surface area contributed by atoms with Gasteiger partial charge in [-0.25, -0.2) is 0 Å². The Bertz CT molecular complexity index is 194. The Hall–Kier alpha value is -0.260. The molecule has 0 aromatic carbocycles. The van der Waals surface area contributed by atoms with E-state index in [9.17, 15) is 0 Å². The molecule has 0 saturated heterocycles. The number of unbranched alkanes of at least 4 members (excludes halogenated alkanes) is 6. The van der Waals surface area contributed by atoms with Gasteiger partial charge in [-0.2, -0.15) is 0 Å². The standard InChI is InChI=1S/C20H40/c1-5-7-9-10-11-12-13-16-20(4)18-14-17-19(3)15-8-6-2/h5,19-20H,1,6-18H2,2-4H3/t19-,20+/m0/s1. The summed E-state index contributed by atoms with van der Waals surface area (Å²) in [4.78, 5) is 0. The van der Waals surface area contributed by atoms with Crippen molar-refractivity contribution in [2.45, 2.75) is 104 Å². The molecule has 120 valence electrons. The normalized spacial score (nSPS) is 14.2. The van der Waals surface area contributed by atoms with E-state index in [2.05, 4.69) is 27.4 Å². The summed E-state index contributed by atoms with van der Waals surface area (Å²) >= 11 is 0. The van der Waals surface area contributed by atoms with Gasteiger partial charge in [0.1, 0.15) is 0 Å². The van der Waals surface area contributed by atoms with Crippen LogP contribution in [0.25, 0.3) is 0 Å². The van der Waals surface area contributed by atoms with E-state index < -0.39 is 0 Å². The molecule has 0 fully saturated rings. The predicted molar refractivity (Wildman–Crippen MR) is 94.2 cm³/mol. The SMILES string of the molecule is C=CCCCCCCC[C@@H](C)CCC[C@@H](C)CCCC. The van der Waals surface area contributed by atoms with Crippen molar-refractivity contribution in [2.75, 3.05) is 0 Å². The number of allylic oxidation sites excluding steroid dienone is 1. The average molecular weight is 281 g/mol. The highest BCUT2D eigenvalue weighted by molar-refractivity contribution is 4.65. The second-order valence-electron chi connectivity index (χ2n) is 6.92. The molecule has 0 heterocycles. The molecule has 0 aliphatic rings. The molecule has 0 radical (unpaired) electrons. The van der Waals surface area contributed by atoms with E-state index in [4.69, 9.17) is 0 Å². The van der Waals surface area contributed by atoms with E-state index in [1.54, 1.807) is 0 Å². The smallest absolute Gasteiger partial charge is 0.0353 e. The molecule has 0 N–H and O–H groups in total. The zero-order valence-electron chi connectivity index (χ0n) is 14.6. The van der Waals surface area contributed by atoms with Crippen LogP contribution in [0.3, 0.4) is 0 Å². The van der Waals surface area contributed by atoms with E-state index in [1.165, 1.54) is 83.5 Å². The Labute approximate surface area is 129 Å². The Morgan fingerprint density at radius 2 is 1.20 bits per heavy atom. The van der Waals surface area contributed by atoms with Crippen LogP contribution in [0.2, 0.25) is 0 Å². The zero-order chi connectivity index (χ0) is 15.1. The third-order valence-corrected chi connectivity index (χ3v) is 4.55. The van der Waals surface area contributed by atoms with Gasteiger partial charge in [-0.15, -0.1) is 6.58 Å². The molecule has 0 aliphatic carbocycles. The first-order valence-corrected chi connectivity index (χ1v) is 9.31. The fourth-order valence-electron chi connectivity index (χ4n) is 2.97. The molecule has 20 heavy (non-hydrogen) atoms. The second kappa shape index (κ2) is 15.1. The molecule has 0 saturated carbocycles. The van der Waals surface area contributed by atoms with Crippen LogP contribution >= 0.6 is 0 Å². The molecule has 0 rings (SSSR count). The quantitative estimate of drug-likeness (QED) is 0.215. The van der Waals surface area contributed by atoms with E-state index in [0.29, 0.717) is 0 Å². The fraction of sp³-hybridized carbons (Fsp3) is 0.900. The molecule has 0 aliphatic heterocycles. The second-order valence-corrected chi connectivity index (χ2v) is 6.92. The Balaban J connectivity index is 3.27. The lowest BCUT2D eigenvalue weighted by molar-refractivity contribution is 0.394. The molecule has 0 nitrogen and oxygen atoms in total. The monoisotopic (exact) mass is 280 g/mol. The predicted octanol–water partition coefficient (Wildman–Crippen LogP) is 7.54.